The third kappa shape index (κ3) is 2.14. The number of pyridine rings is 1. The van der Waals surface area contributed by atoms with Gasteiger partial charge in [-0.25, -0.2) is 4.79 Å². The molecule has 0 unspecified atom stereocenters. The summed E-state index contributed by atoms with van der Waals surface area (Å²) in [5.74, 6) is -0.479. The summed E-state index contributed by atoms with van der Waals surface area (Å²) in [6, 6.07) is 8.56. The van der Waals surface area contributed by atoms with Gasteiger partial charge in [-0.3, -0.25) is 4.79 Å². The molecule has 0 saturated carbocycles. The van der Waals surface area contributed by atoms with Gasteiger partial charge in [-0.2, -0.15) is 0 Å². The van der Waals surface area contributed by atoms with Crippen LogP contribution in [0.25, 0.3) is 16.6 Å². The second kappa shape index (κ2) is 5.07. The van der Waals surface area contributed by atoms with Gasteiger partial charge in [0, 0.05) is 36.6 Å². The highest BCUT2D eigenvalue weighted by atomic mass is 16.5. The maximum absolute atomic E-state index is 11.8. The molecule has 0 radical (unpaired) electrons. The standard InChI is InChI=1S/C16H15N3O3/c1-18-9-11(3-4-15(18)20)19-6-5-10-7-13(17)12(8-14(10)19)16(21)22-2/h3-9H,17H2,1-2H3. The first kappa shape index (κ1) is 13.9. The summed E-state index contributed by atoms with van der Waals surface area (Å²) < 4.78 is 8.14. The van der Waals surface area contributed by atoms with E-state index in [1.165, 1.54) is 17.7 Å². The largest absolute Gasteiger partial charge is 0.465 e. The minimum absolute atomic E-state index is 0.0836. The molecule has 6 nitrogen and oxygen atoms in total. The molecule has 0 atom stereocenters. The second-order valence-electron chi connectivity index (χ2n) is 5.01. The summed E-state index contributed by atoms with van der Waals surface area (Å²) in [6.07, 6.45) is 3.60. The van der Waals surface area contributed by atoms with Gasteiger partial charge in [0.05, 0.1) is 23.9 Å². The molecule has 0 aliphatic carbocycles. The number of nitrogens with zero attached hydrogens (tertiary/aromatic N) is 2. The van der Waals surface area contributed by atoms with Crippen LogP contribution in [0, 0.1) is 0 Å². The topological polar surface area (TPSA) is 79.2 Å². The van der Waals surface area contributed by atoms with E-state index in [1.54, 1.807) is 31.4 Å². The van der Waals surface area contributed by atoms with Crippen LogP contribution in [0.3, 0.4) is 0 Å². The molecule has 0 amide bonds. The molecule has 112 valence electrons. The molecule has 0 aliphatic rings. The van der Waals surface area contributed by atoms with Crippen LogP contribution < -0.4 is 11.3 Å². The Morgan fingerprint density at radius 3 is 2.68 bits per heavy atom. The summed E-state index contributed by atoms with van der Waals surface area (Å²) in [5.41, 5.74) is 8.14. The quantitative estimate of drug-likeness (QED) is 0.577. The van der Waals surface area contributed by atoms with E-state index in [0.29, 0.717) is 11.3 Å². The maximum Gasteiger partial charge on any atom is 0.340 e. The lowest BCUT2D eigenvalue weighted by Crippen LogP contribution is -2.15. The van der Waals surface area contributed by atoms with Crippen LogP contribution in [0.15, 0.2) is 47.5 Å². The van der Waals surface area contributed by atoms with Crippen LogP contribution in [-0.4, -0.2) is 22.2 Å². The second-order valence-corrected chi connectivity index (χ2v) is 5.01. The monoisotopic (exact) mass is 297 g/mol. The van der Waals surface area contributed by atoms with Gasteiger partial charge in [0.15, 0.2) is 0 Å². The van der Waals surface area contributed by atoms with Crippen molar-refractivity contribution in [2.45, 2.75) is 0 Å². The molecule has 1 aromatic carbocycles. The fraction of sp³-hybridized carbons (Fsp3) is 0.125. The summed E-state index contributed by atoms with van der Waals surface area (Å²) in [4.78, 5) is 23.3. The fourth-order valence-corrected chi connectivity index (χ4v) is 2.43. The molecule has 0 aliphatic heterocycles. The van der Waals surface area contributed by atoms with Gasteiger partial charge >= 0.3 is 5.97 Å². The lowest BCUT2D eigenvalue weighted by atomic mass is 10.1. The number of aryl methyl sites for hydroxylation is 1. The van der Waals surface area contributed by atoms with Crippen LogP contribution in [0.2, 0.25) is 0 Å². The molecule has 2 aromatic heterocycles. The van der Waals surface area contributed by atoms with Gasteiger partial charge in [0.2, 0.25) is 5.56 Å². The zero-order chi connectivity index (χ0) is 15.9. The number of ether oxygens (including phenoxy) is 1. The summed E-state index contributed by atoms with van der Waals surface area (Å²) in [6.45, 7) is 0. The molecule has 0 saturated heterocycles. The van der Waals surface area contributed by atoms with Crippen molar-refractivity contribution in [2.75, 3.05) is 12.8 Å². The lowest BCUT2D eigenvalue weighted by Gasteiger charge is -2.09. The molecule has 3 aromatic rings. The average Bonchev–Trinajstić information content (AvgIpc) is 2.91. The molecule has 3 rings (SSSR count). The zero-order valence-corrected chi connectivity index (χ0v) is 12.2. The SMILES string of the molecule is COC(=O)c1cc2c(ccn2-c2ccc(=O)n(C)c2)cc1N. The predicted molar refractivity (Wildman–Crippen MR) is 84.3 cm³/mol. The summed E-state index contributed by atoms with van der Waals surface area (Å²) >= 11 is 0. The Hall–Kier alpha value is -3.02. The Balaban J connectivity index is 2.24. The number of benzene rings is 1. The Kier molecular flexibility index (Phi) is 3.21. The maximum atomic E-state index is 11.8. The Bertz CT molecular complexity index is 937. The minimum Gasteiger partial charge on any atom is -0.465 e. The Labute approximate surface area is 126 Å². The number of nitrogens with two attached hydrogens (primary N) is 1. The van der Waals surface area contributed by atoms with Gasteiger partial charge in [0.1, 0.15) is 0 Å². The van der Waals surface area contributed by atoms with Gasteiger partial charge in [-0.05, 0) is 24.3 Å². The zero-order valence-electron chi connectivity index (χ0n) is 12.2. The van der Waals surface area contributed by atoms with E-state index >= 15 is 0 Å². The first-order valence-electron chi connectivity index (χ1n) is 6.67. The Morgan fingerprint density at radius 1 is 1.23 bits per heavy atom. The van der Waals surface area contributed by atoms with E-state index in [1.807, 2.05) is 16.8 Å². The first-order chi connectivity index (χ1) is 10.5. The third-order valence-corrected chi connectivity index (χ3v) is 3.62. The number of hydrogen-bond donors (Lipinski definition) is 1. The van der Waals surface area contributed by atoms with E-state index in [2.05, 4.69) is 0 Å². The van der Waals surface area contributed by atoms with Crippen molar-refractivity contribution in [2.24, 2.45) is 7.05 Å². The van der Waals surface area contributed by atoms with E-state index in [0.717, 1.165) is 16.6 Å². The molecule has 0 spiro atoms. The molecule has 22 heavy (non-hydrogen) atoms. The number of anilines is 1. The van der Waals surface area contributed by atoms with Crippen molar-refractivity contribution >= 4 is 22.6 Å². The van der Waals surface area contributed by atoms with Crippen LogP contribution in [0.5, 0.6) is 0 Å². The van der Waals surface area contributed by atoms with E-state index in [4.69, 9.17) is 10.5 Å². The summed E-state index contributed by atoms with van der Waals surface area (Å²) in [7, 11) is 3.01. The van der Waals surface area contributed by atoms with Crippen molar-refractivity contribution in [1.82, 2.24) is 9.13 Å². The third-order valence-electron chi connectivity index (χ3n) is 3.62. The smallest absolute Gasteiger partial charge is 0.340 e. The molecule has 0 bridgehead atoms. The molecule has 0 fully saturated rings. The van der Waals surface area contributed by atoms with Crippen molar-refractivity contribution in [3.8, 4) is 5.69 Å². The predicted octanol–water partition coefficient (Wildman–Crippen LogP) is 1.70. The number of fused-ring (bicyclic) bond motifs is 1. The van der Waals surface area contributed by atoms with E-state index in [9.17, 15) is 9.59 Å². The molecular formula is C16H15N3O3. The van der Waals surface area contributed by atoms with Crippen LogP contribution in [0.1, 0.15) is 10.4 Å². The van der Waals surface area contributed by atoms with Crippen molar-refractivity contribution in [1.29, 1.82) is 0 Å². The summed E-state index contributed by atoms with van der Waals surface area (Å²) in [5, 5.41) is 0.902. The number of hydrogen-bond acceptors (Lipinski definition) is 4. The van der Waals surface area contributed by atoms with Crippen molar-refractivity contribution in [3.63, 3.8) is 0 Å². The van der Waals surface area contributed by atoms with E-state index < -0.39 is 5.97 Å². The lowest BCUT2D eigenvalue weighted by molar-refractivity contribution is 0.0602. The number of esters is 1. The van der Waals surface area contributed by atoms with Gasteiger partial charge in [0.25, 0.3) is 0 Å². The van der Waals surface area contributed by atoms with E-state index in [-0.39, 0.29) is 5.56 Å². The fourth-order valence-electron chi connectivity index (χ4n) is 2.43. The Morgan fingerprint density at radius 2 is 2.00 bits per heavy atom. The first-order valence-corrected chi connectivity index (χ1v) is 6.67. The normalized spacial score (nSPS) is 10.8. The number of methoxy groups -OCH3 is 1. The highest BCUT2D eigenvalue weighted by Gasteiger charge is 2.14. The highest BCUT2D eigenvalue weighted by Crippen LogP contribution is 2.26. The van der Waals surface area contributed by atoms with Gasteiger partial charge in [-0.15, -0.1) is 0 Å². The number of carbonyl (C=O) groups is 1. The number of nitrogen functional groups attached to an aromatic ring is 1. The average molecular weight is 297 g/mol. The van der Waals surface area contributed by atoms with Crippen LogP contribution in [-0.2, 0) is 11.8 Å². The van der Waals surface area contributed by atoms with Gasteiger partial charge < -0.3 is 19.6 Å². The van der Waals surface area contributed by atoms with Crippen molar-refractivity contribution < 1.29 is 9.53 Å². The molecule has 2 N–H and O–H groups in total. The van der Waals surface area contributed by atoms with Gasteiger partial charge in [-0.1, -0.05) is 0 Å². The minimum atomic E-state index is -0.479. The van der Waals surface area contributed by atoms with Crippen LogP contribution in [0.4, 0.5) is 5.69 Å². The number of carbonyl (C=O) groups excluding carboxylic acids is 1. The number of rotatable bonds is 2. The molecule has 6 heteroatoms. The number of aromatic nitrogens is 2. The molecular weight excluding hydrogens is 282 g/mol. The van der Waals surface area contributed by atoms with Crippen LogP contribution >= 0.6 is 0 Å². The highest BCUT2D eigenvalue weighted by molar-refractivity contribution is 6.00. The molecule has 2 heterocycles. The van der Waals surface area contributed by atoms with Crippen molar-refractivity contribution in [3.05, 3.63) is 58.6 Å².